The highest BCUT2D eigenvalue weighted by molar-refractivity contribution is 9.10. The van der Waals surface area contributed by atoms with Gasteiger partial charge in [-0.3, -0.25) is 0 Å². The summed E-state index contributed by atoms with van der Waals surface area (Å²) in [5.41, 5.74) is 5.49. The molecule has 1 aromatic carbocycles. The van der Waals surface area contributed by atoms with Crippen LogP contribution in [0.3, 0.4) is 0 Å². The fourth-order valence-corrected chi connectivity index (χ4v) is 4.08. The third-order valence-electron chi connectivity index (χ3n) is 3.81. The van der Waals surface area contributed by atoms with Crippen LogP contribution >= 0.6 is 15.9 Å². The Hall–Kier alpha value is -0.670. The van der Waals surface area contributed by atoms with Gasteiger partial charge in [-0.1, -0.05) is 0 Å². The number of nitrogens with one attached hydrogen (secondary N) is 1. The van der Waals surface area contributed by atoms with Crippen LogP contribution in [0.1, 0.15) is 18.9 Å². The first-order chi connectivity index (χ1) is 9.66. The van der Waals surface area contributed by atoms with E-state index in [1.807, 2.05) is 0 Å². The number of halogens is 1. The third-order valence-corrected chi connectivity index (χ3v) is 6.04. The van der Waals surface area contributed by atoms with E-state index in [9.17, 15) is 13.5 Å². The van der Waals surface area contributed by atoms with Crippen LogP contribution in [0.25, 0.3) is 0 Å². The average Bonchev–Trinajstić information content (AvgIpc) is 2.72. The first-order valence-corrected chi connectivity index (χ1v) is 8.82. The van der Waals surface area contributed by atoms with Crippen LogP contribution in [0.5, 0.6) is 0 Å². The third kappa shape index (κ3) is 3.40. The van der Waals surface area contributed by atoms with Crippen LogP contribution in [0, 0.1) is 6.92 Å². The molecule has 0 radical (unpaired) electrons. The van der Waals surface area contributed by atoms with Gasteiger partial charge >= 0.3 is 0 Å². The standard InChI is InChI=1S/C13H19BrN2O4S/c1-8-5-10(14)11(15)6-12(8)21(18,19)16-7-13(17)3-4-20-9(13)2/h5-6,9,16-17H,3-4,7,15H2,1-2H3. The number of sulfonamides is 1. The highest BCUT2D eigenvalue weighted by Crippen LogP contribution is 2.28. The molecule has 2 rings (SSSR count). The van der Waals surface area contributed by atoms with E-state index in [0.717, 1.165) is 0 Å². The van der Waals surface area contributed by atoms with E-state index < -0.39 is 21.7 Å². The zero-order chi connectivity index (χ0) is 15.8. The van der Waals surface area contributed by atoms with E-state index >= 15 is 0 Å². The van der Waals surface area contributed by atoms with Gasteiger partial charge in [0.1, 0.15) is 5.60 Å². The maximum atomic E-state index is 12.4. The summed E-state index contributed by atoms with van der Waals surface area (Å²) >= 11 is 3.26. The molecule has 118 valence electrons. The molecule has 8 heteroatoms. The summed E-state index contributed by atoms with van der Waals surface area (Å²) in [6, 6.07) is 3.06. The number of aliphatic hydroxyl groups is 1. The predicted molar refractivity (Wildman–Crippen MR) is 83.5 cm³/mol. The first kappa shape index (κ1) is 16.7. The maximum Gasteiger partial charge on any atom is 0.241 e. The van der Waals surface area contributed by atoms with E-state index in [0.29, 0.717) is 28.8 Å². The van der Waals surface area contributed by atoms with Gasteiger partial charge in [-0.2, -0.15) is 0 Å². The molecule has 21 heavy (non-hydrogen) atoms. The Morgan fingerprint density at radius 2 is 2.24 bits per heavy atom. The topological polar surface area (TPSA) is 102 Å². The molecular formula is C13H19BrN2O4S. The summed E-state index contributed by atoms with van der Waals surface area (Å²) in [7, 11) is -3.75. The molecule has 0 spiro atoms. The summed E-state index contributed by atoms with van der Waals surface area (Å²) < 4.78 is 33.2. The van der Waals surface area contributed by atoms with Crippen LogP contribution in [-0.2, 0) is 14.8 Å². The zero-order valence-corrected chi connectivity index (χ0v) is 14.3. The highest BCUT2D eigenvalue weighted by atomic mass is 79.9. The van der Waals surface area contributed by atoms with Crippen molar-refractivity contribution in [3.63, 3.8) is 0 Å². The van der Waals surface area contributed by atoms with E-state index in [1.165, 1.54) is 6.07 Å². The monoisotopic (exact) mass is 378 g/mol. The Balaban J connectivity index is 2.21. The lowest BCUT2D eigenvalue weighted by Gasteiger charge is -2.26. The van der Waals surface area contributed by atoms with Crippen molar-refractivity contribution >= 4 is 31.6 Å². The molecular weight excluding hydrogens is 360 g/mol. The van der Waals surface area contributed by atoms with Gasteiger partial charge in [-0.15, -0.1) is 0 Å². The summed E-state index contributed by atoms with van der Waals surface area (Å²) in [6.45, 7) is 3.74. The van der Waals surface area contributed by atoms with Gasteiger partial charge in [0.25, 0.3) is 0 Å². The SMILES string of the molecule is Cc1cc(Br)c(N)cc1S(=O)(=O)NCC1(O)CCOC1C. The van der Waals surface area contributed by atoms with Crippen LogP contribution in [0.15, 0.2) is 21.5 Å². The van der Waals surface area contributed by atoms with Crippen LogP contribution < -0.4 is 10.5 Å². The number of nitrogen functional groups attached to an aromatic ring is 1. The lowest BCUT2D eigenvalue weighted by molar-refractivity contribution is -0.0228. The summed E-state index contributed by atoms with van der Waals surface area (Å²) in [6.07, 6.45) is -0.00528. The molecule has 0 aromatic heterocycles. The largest absolute Gasteiger partial charge is 0.398 e. The molecule has 4 N–H and O–H groups in total. The minimum absolute atomic E-state index is 0.0914. The fourth-order valence-electron chi connectivity index (χ4n) is 2.26. The smallest absolute Gasteiger partial charge is 0.241 e. The molecule has 1 heterocycles. The normalized spacial score (nSPS) is 26.2. The Bertz CT molecular complexity index is 650. The van der Waals surface area contributed by atoms with Gasteiger partial charge in [-0.05, 0) is 47.5 Å². The molecule has 6 nitrogen and oxygen atoms in total. The maximum absolute atomic E-state index is 12.4. The number of nitrogens with two attached hydrogens (primary N) is 1. The summed E-state index contributed by atoms with van der Waals surface area (Å²) in [5, 5.41) is 10.4. The second kappa shape index (κ2) is 5.85. The van der Waals surface area contributed by atoms with Crippen LogP contribution in [0.4, 0.5) is 5.69 Å². The van der Waals surface area contributed by atoms with Crippen molar-refractivity contribution in [2.24, 2.45) is 0 Å². The van der Waals surface area contributed by atoms with Gasteiger partial charge in [0.15, 0.2) is 0 Å². The van der Waals surface area contributed by atoms with Crippen molar-refractivity contribution in [3.05, 3.63) is 22.2 Å². The van der Waals surface area contributed by atoms with Crippen molar-refractivity contribution in [1.29, 1.82) is 0 Å². The first-order valence-electron chi connectivity index (χ1n) is 6.55. The van der Waals surface area contributed by atoms with Crippen LogP contribution in [-0.4, -0.2) is 38.4 Å². The molecule has 0 aliphatic carbocycles. The Morgan fingerprint density at radius 3 is 2.81 bits per heavy atom. The molecule has 2 atom stereocenters. The molecule has 1 saturated heterocycles. The zero-order valence-electron chi connectivity index (χ0n) is 11.9. The summed E-state index contributed by atoms with van der Waals surface area (Å²) in [5.74, 6) is 0. The Kier molecular flexibility index (Phi) is 4.65. The Labute approximate surface area is 132 Å². The second-order valence-corrected chi connectivity index (χ2v) is 7.92. The van der Waals surface area contributed by atoms with Crippen molar-refractivity contribution in [1.82, 2.24) is 4.72 Å². The van der Waals surface area contributed by atoms with Gasteiger partial charge in [0, 0.05) is 29.7 Å². The number of benzene rings is 1. The number of hydrogen-bond acceptors (Lipinski definition) is 5. The predicted octanol–water partition coefficient (Wildman–Crippen LogP) is 1.16. The number of rotatable bonds is 4. The van der Waals surface area contributed by atoms with Crippen molar-refractivity contribution < 1.29 is 18.3 Å². The van der Waals surface area contributed by atoms with Crippen LogP contribution in [0.2, 0.25) is 0 Å². The molecule has 1 aromatic rings. The molecule has 1 aliphatic heterocycles. The molecule has 0 bridgehead atoms. The van der Waals surface area contributed by atoms with Gasteiger partial charge < -0.3 is 15.6 Å². The van der Waals surface area contributed by atoms with Crippen molar-refractivity contribution in [2.45, 2.75) is 36.9 Å². The number of aryl methyl sites for hydroxylation is 1. The highest BCUT2D eigenvalue weighted by Gasteiger charge is 2.40. The second-order valence-electron chi connectivity index (χ2n) is 5.33. The molecule has 2 unspecified atom stereocenters. The molecule has 1 fully saturated rings. The molecule has 1 aliphatic rings. The van der Waals surface area contributed by atoms with Crippen molar-refractivity contribution in [3.8, 4) is 0 Å². The molecule has 0 amide bonds. The average molecular weight is 379 g/mol. The van der Waals surface area contributed by atoms with Gasteiger partial charge in [0.05, 0.1) is 11.0 Å². The fraction of sp³-hybridized carbons (Fsp3) is 0.538. The number of hydrogen-bond donors (Lipinski definition) is 3. The van der Waals surface area contributed by atoms with E-state index in [-0.39, 0.29) is 11.4 Å². The minimum Gasteiger partial charge on any atom is -0.398 e. The van der Waals surface area contributed by atoms with Gasteiger partial charge in [-0.25, -0.2) is 13.1 Å². The van der Waals surface area contributed by atoms with Crippen molar-refractivity contribution in [2.75, 3.05) is 18.9 Å². The number of anilines is 1. The van der Waals surface area contributed by atoms with E-state index in [2.05, 4.69) is 20.7 Å². The minimum atomic E-state index is -3.75. The summed E-state index contributed by atoms with van der Waals surface area (Å²) in [4.78, 5) is 0.110. The van der Waals surface area contributed by atoms with E-state index in [1.54, 1.807) is 19.9 Å². The lowest BCUT2D eigenvalue weighted by Crippen LogP contribution is -2.47. The lowest BCUT2D eigenvalue weighted by atomic mass is 9.97. The Morgan fingerprint density at radius 1 is 1.57 bits per heavy atom. The molecule has 0 saturated carbocycles. The van der Waals surface area contributed by atoms with Gasteiger partial charge in [0.2, 0.25) is 10.0 Å². The number of ether oxygens (including phenoxy) is 1. The quantitative estimate of drug-likeness (QED) is 0.682. The van der Waals surface area contributed by atoms with E-state index in [4.69, 9.17) is 10.5 Å².